The molecule has 18 heavy (non-hydrogen) atoms. The predicted molar refractivity (Wildman–Crippen MR) is 79.4 cm³/mol. The van der Waals surface area contributed by atoms with Crippen LogP contribution >= 0.6 is 11.6 Å². The van der Waals surface area contributed by atoms with Crippen molar-refractivity contribution in [1.29, 1.82) is 0 Å². The van der Waals surface area contributed by atoms with Gasteiger partial charge in [0.1, 0.15) is 0 Å². The summed E-state index contributed by atoms with van der Waals surface area (Å²) < 4.78 is 0. The second-order valence-corrected chi connectivity index (χ2v) is 5.72. The van der Waals surface area contributed by atoms with Crippen LogP contribution in [0, 0.1) is 0 Å². The highest BCUT2D eigenvalue weighted by atomic mass is 35.5. The molecule has 0 atom stereocenters. The highest BCUT2D eigenvalue weighted by molar-refractivity contribution is 6.31. The van der Waals surface area contributed by atoms with Gasteiger partial charge in [0.05, 0.1) is 5.52 Å². The third kappa shape index (κ3) is 2.94. The fraction of sp³-hybridized carbons (Fsp3) is 0.400. The molecule has 0 aliphatic heterocycles. The first kappa shape index (κ1) is 13.2. The summed E-state index contributed by atoms with van der Waals surface area (Å²) >= 11 is 5.99. The van der Waals surface area contributed by atoms with Gasteiger partial charge in [0.2, 0.25) is 0 Å². The minimum Gasteiger partial charge on any atom is -0.380 e. The highest BCUT2D eigenvalue weighted by Crippen LogP contribution is 2.27. The van der Waals surface area contributed by atoms with Crippen LogP contribution in [0.25, 0.3) is 10.9 Å². The summed E-state index contributed by atoms with van der Waals surface area (Å²) in [6.07, 6.45) is 4.11. The van der Waals surface area contributed by atoms with Crippen LogP contribution in [0.5, 0.6) is 0 Å². The number of aromatic nitrogens is 1. The largest absolute Gasteiger partial charge is 0.380 e. The Morgan fingerprint density at radius 1 is 1.28 bits per heavy atom. The van der Waals surface area contributed by atoms with Gasteiger partial charge in [-0.1, -0.05) is 24.9 Å². The average Bonchev–Trinajstić information content (AvgIpc) is 2.28. The van der Waals surface area contributed by atoms with E-state index in [-0.39, 0.29) is 5.54 Å². The zero-order chi connectivity index (χ0) is 13.2. The molecule has 2 rings (SSSR count). The molecule has 2 aromatic rings. The average molecular weight is 263 g/mol. The van der Waals surface area contributed by atoms with Gasteiger partial charge in [-0.25, -0.2) is 0 Å². The van der Waals surface area contributed by atoms with Crippen molar-refractivity contribution >= 4 is 28.2 Å². The lowest BCUT2D eigenvalue weighted by Crippen LogP contribution is -2.30. The molecule has 96 valence electrons. The van der Waals surface area contributed by atoms with Crippen molar-refractivity contribution in [3.05, 3.63) is 35.5 Å². The summed E-state index contributed by atoms with van der Waals surface area (Å²) in [5, 5.41) is 5.44. The van der Waals surface area contributed by atoms with Gasteiger partial charge >= 0.3 is 0 Å². The molecular weight excluding hydrogens is 244 g/mol. The van der Waals surface area contributed by atoms with E-state index in [0.717, 1.165) is 34.5 Å². The van der Waals surface area contributed by atoms with Crippen LogP contribution in [0.4, 0.5) is 5.69 Å². The zero-order valence-electron chi connectivity index (χ0n) is 11.1. The maximum Gasteiger partial charge on any atom is 0.0737 e. The summed E-state index contributed by atoms with van der Waals surface area (Å²) in [5.74, 6) is 0. The third-order valence-corrected chi connectivity index (χ3v) is 3.29. The standard InChI is InChI=1S/C15H19ClN2/c1-4-8-15(2,3)18-13-7-9-17-14-10-11(16)5-6-12(13)14/h5-7,9-10H,4,8H2,1-3H3,(H,17,18). The summed E-state index contributed by atoms with van der Waals surface area (Å²) in [5.41, 5.74) is 2.14. The smallest absolute Gasteiger partial charge is 0.0737 e. The van der Waals surface area contributed by atoms with Gasteiger partial charge in [-0.15, -0.1) is 0 Å². The van der Waals surface area contributed by atoms with Gasteiger partial charge in [-0.2, -0.15) is 0 Å². The Morgan fingerprint density at radius 3 is 2.78 bits per heavy atom. The van der Waals surface area contributed by atoms with Gasteiger partial charge in [0.15, 0.2) is 0 Å². The number of fused-ring (bicyclic) bond motifs is 1. The fourth-order valence-electron chi connectivity index (χ4n) is 2.28. The Morgan fingerprint density at radius 2 is 2.06 bits per heavy atom. The first-order valence-electron chi connectivity index (χ1n) is 6.34. The number of anilines is 1. The van der Waals surface area contributed by atoms with Crippen molar-refractivity contribution in [3.63, 3.8) is 0 Å². The maximum absolute atomic E-state index is 5.99. The van der Waals surface area contributed by atoms with E-state index in [1.54, 1.807) is 0 Å². The number of hydrogen-bond acceptors (Lipinski definition) is 2. The number of benzene rings is 1. The maximum atomic E-state index is 5.99. The molecule has 0 amide bonds. The predicted octanol–water partition coefficient (Wildman–Crippen LogP) is 4.88. The zero-order valence-corrected chi connectivity index (χ0v) is 11.9. The minimum atomic E-state index is 0.0860. The van der Waals surface area contributed by atoms with Crippen molar-refractivity contribution in [1.82, 2.24) is 4.98 Å². The number of rotatable bonds is 4. The molecule has 0 aliphatic carbocycles. The summed E-state index contributed by atoms with van der Waals surface area (Å²) in [4.78, 5) is 4.35. The molecule has 1 N–H and O–H groups in total. The van der Waals surface area contributed by atoms with Crippen molar-refractivity contribution in [2.45, 2.75) is 39.2 Å². The van der Waals surface area contributed by atoms with Crippen molar-refractivity contribution < 1.29 is 0 Å². The molecule has 2 nitrogen and oxygen atoms in total. The second kappa shape index (κ2) is 5.15. The molecule has 1 aromatic carbocycles. The lowest BCUT2D eigenvalue weighted by Gasteiger charge is -2.27. The van der Waals surface area contributed by atoms with E-state index in [1.165, 1.54) is 0 Å². The van der Waals surface area contributed by atoms with Gasteiger partial charge < -0.3 is 5.32 Å². The normalized spacial score (nSPS) is 11.8. The van der Waals surface area contributed by atoms with Crippen LogP contribution in [-0.4, -0.2) is 10.5 Å². The molecule has 0 radical (unpaired) electrons. The summed E-state index contributed by atoms with van der Waals surface area (Å²) in [6, 6.07) is 7.85. The monoisotopic (exact) mass is 262 g/mol. The number of pyridine rings is 1. The van der Waals surface area contributed by atoms with Gasteiger partial charge in [0.25, 0.3) is 0 Å². The van der Waals surface area contributed by atoms with E-state index in [1.807, 2.05) is 30.5 Å². The lowest BCUT2D eigenvalue weighted by molar-refractivity contribution is 0.511. The van der Waals surface area contributed by atoms with Crippen molar-refractivity contribution in [3.8, 4) is 0 Å². The van der Waals surface area contributed by atoms with Crippen LogP contribution in [0.3, 0.4) is 0 Å². The number of halogens is 1. The number of nitrogens with zero attached hydrogens (tertiary/aromatic N) is 1. The molecule has 0 fully saturated rings. The Kier molecular flexibility index (Phi) is 3.76. The number of hydrogen-bond donors (Lipinski definition) is 1. The van der Waals surface area contributed by atoms with E-state index in [0.29, 0.717) is 0 Å². The molecule has 0 bridgehead atoms. The lowest BCUT2D eigenvalue weighted by atomic mass is 9.98. The molecule has 0 unspecified atom stereocenters. The van der Waals surface area contributed by atoms with Gasteiger partial charge in [-0.05, 0) is 44.5 Å². The van der Waals surface area contributed by atoms with Crippen LogP contribution < -0.4 is 5.32 Å². The molecule has 3 heteroatoms. The summed E-state index contributed by atoms with van der Waals surface area (Å²) in [7, 11) is 0. The van der Waals surface area contributed by atoms with Crippen molar-refractivity contribution in [2.75, 3.05) is 5.32 Å². The third-order valence-electron chi connectivity index (χ3n) is 3.05. The molecule has 1 aromatic heterocycles. The molecular formula is C15H19ClN2. The topological polar surface area (TPSA) is 24.9 Å². The quantitative estimate of drug-likeness (QED) is 0.850. The fourth-order valence-corrected chi connectivity index (χ4v) is 2.45. The first-order valence-corrected chi connectivity index (χ1v) is 6.72. The number of nitrogens with one attached hydrogen (secondary N) is 1. The van der Waals surface area contributed by atoms with Crippen LogP contribution in [0.1, 0.15) is 33.6 Å². The molecule has 1 heterocycles. The second-order valence-electron chi connectivity index (χ2n) is 5.28. The first-order chi connectivity index (χ1) is 8.52. The van der Waals surface area contributed by atoms with E-state index in [9.17, 15) is 0 Å². The highest BCUT2D eigenvalue weighted by Gasteiger charge is 2.17. The molecule has 0 saturated carbocycles. The van der Waals surface area contributed by atoms with E-state index in [2.05, 4.69) is 31.1 Å². The Bertz CT molecular complexity index is 549. The van der Waals surface area contributed by atoms with Crippen molar-refractivity contribution in [2.24, 2.45) is 0 Å². The van der Waals surface area contributed by atoms with E-state index < -0.39 is 0 Å². The van der Waals surface area contributed by atoms with Gasteiger partial charge in [0, 0.05) is 27.8 Å². The van der Waals surface area contributed by atoms with Gasteiger partial charge in [-0.3, -0.25) is 4.98 Å². The molecule has 0 saturated heterocycles. The Labute approximate surface area is 113 Å². The summed E-state index contributed by atoms with van der Waals surface area (Å²) in [6.45, 7) is 6.64. The van der Waals surface area contributed by atoms with Crippen LogP contribution in [-0.2, 0) is 0 Å². The molecule has 0 aliphatic rings. The Balaban J connectivity index is 2.39. The molecule has 0 spiro atoms. The van der Waals surface area contributed by atoms with Crippen LogP contribution in [0.2, 0.25) is 5.02 Å². The van der Waals surface area contributed by atoms with E-state index >= 15 is 0 Å². The Hall–Kier alpha value is -1.28. The van der Waals surface area contributed by atoms with Crippen LogP contribution in [0.15, 0.2) is 30.5 Å². The van der Waals surface area contributed by atoms with E-state index in [4.69, 9.17) is 11.6 Å². The SMILES string of the molecule is CCCC(C)(C)Nc1ccnc2cc(Cl)ccc12. The minimum absolute atomic E-state index is 0.0860.